The van der Waals surface area contributed by atoms with Crippen LogP contribution in [0.25, 0.3) is 0 Å². The zero-order chi connectivity index (χ0) is 18.4. The Morgan fingerprint density at radius 1 is 1.28 bits per heavy atom. The van der Waals surface area contributed by atoms with Crippen molar-refractivity contribution in [3.63, 3.8) is 0 Å². The Labute approximate surface area is 145 Å². The second-order valence-corrected chi connectivity index (χ2v) is 5.65. The molecule has 2 rings (SSSR count). The number of rotatable bonds is 7. The molecular formula is C17H22N2O6. The number of carbonyl (C=O) groups is 3. The molecule has 25 heavy (non-hydrogen) atoms. The van der Waals surface area contributed by atoms with E-state index in [9.17, 15) is 14.4 Å². The van der Waals surface area contributed by atoms with E-state index in [1.807, 2.05) is 0 Å². The Kier molecular flexibility index (Phi) is 6.21. The number of carbonyl (C=O) groups excluding carboxylic acids is 3. The van der Waals surface area contributed by atoms with Crippen molar-refractivity contribution in [3.05, 3.63) is 23.8 Å². The predicted molar refractivity (Wildman–Crippen MR) is 88.1 cm³/mol. The minimum absolute atomic E-state index is 0.187. The molecule has 1 aromatic rings. The first-order valence-electron chi connectivity index (χ1n) is 7.93. The zero-order valence-corrected chi connectivity index (χ0v) is 14.5. The fraction of sp³-hybridized carbons (Fsp3) is 0.471. The molecule has 136 valence electrons. The van der Waals surface area contributed by atoms with E-state index in [0.717, 1.165) is 5.56 Å². The average Bonchev–Trinajstić information content (AvgIpc) is 3.05. The van der Waals surface area contributed by atoms with Crippen molar-refractivity contribution in [1.82, 2.24) is 10.6 Å². The molecule has 0 radical (unpaired) electrons. The standard InChI is InChI=1S/C17H22N2O6/c1-10(25-17(22)12-5-7-15(20)19-12)16(21)18-9-11-4-6-13(23-2)14(8-11)24-3/h4,6,8,10,12H,5,7,9H2,1-3H3,(H,18,21)(H,19,20)/t10-,12-/m1/s1. The zero-order valence-electron chi connectivity index (χ0n) is 14.5. The van der Waals surface area contributed by atoms with E-state index in [4.69, 9.17) is 14.2 Å². The van der Waals surface area contributed by atoms with E-state index in [1.165, 1.54) is 14.0 Å². The van der Waals surface area contributed by atoms with Crippen LogP contribution < -0.4 is 20.1 Å². The molecule has 8 nitrogen and oxygen atoms in total. The fourth-order valence-electron chi connectivity index (χ4n) is 2.42. The van der Waals surface area contributed by atoms with Crippen LogP contribution in [0.3, 0.4) is 0 Å². The van der Waals surface area contributed by atoms with Crippen molar-refractivity contribution < 1.29 is 28.6 Å². The molecule has 1 aliphatic rings. The van der Waals surface area contributed by atoms with Crippen LogP contribution in [0, 0.1) is 0 Å². The maximum absolute atomic E-state index is 12.1. The summed E-state index contributed by atoms with van der Waals surface area (Å²) in [5, 5.41) is 5.20. The van der Waals surface area contributed by atoms with E-state index in [-0.39, 0.29) is 12.5 Å². The topological polar surface area (TPSA) is 103 Å². The molecule has 0 saturated carbocycles. The quantitative estimate of drug-likeness (QED) is 0.696. The smallest absolute Gasteiger partial charge is 0.329 e. The lowest BCUT2D eigenvalue weighted by molar-refractivity contribution is -0.156. The SMILES string of the molecule is COc1ccc(CNC(=O)[C@@H](C)OC(=O)[C@H]2CCC(=O)N2)cc1OC. The third-order valence-electron chi connectivity index (χ3n) is 3.86. The van der Waals surface area contributed by atoms with Gasteiger partial charge in [0.25, 0.3) is 5.91 Å². The molecule has 2 atom stereocenters. The number of hydrogen-bond donors (Lipinski definition) is 2. The van der Waals surface area contributed by atoms with Gasteiger partial charge in [-0.05, 0) is 31.0 Å². The number of esters is 1. The molecule has 8 heteroatoms. The van der Waals surface area contributed by atoms with Gasteiger partial charge in [0.1, 0.15) is 6.04 Å². The van der Waals surface area contributed by atoms with Gasteiger partial charge >= 0.3 is 5.97 Å². The molecule has 0 aromatic heterocycles. The second-order valence-electron chi connectivity index (χ2n) is 5.65. The third kappa shape index (κ3) is 4.85. The first-order valence-corrected chi connectivity index (χ1v) is 7.93. The molecule has 2 amide bonds. The molecule has 1 saturated heterocycles. The minimum atomic E-state index is -0.954. The Morgan fingerprint density at radius 3 is 2.60 bits per heavy atom. The van der Waals surface area contributed by atoms with E-state index in [1.54, 1.807) is 25.3 Å². The van der Waals surface area contributed by atoms with Crippen LogP contribution in [0.1, 0.15) is 25.3 Å². The predicted octanol–water partition coefficient (Wildman–Crippen LogP) is 0.530. The van der Waals surface area contributed by atoms with Gasteiger partial charge in [-0.3, -0.25) is 9.59 Å². The largest absolute Gasteiger partial charge is 0.493 e. The lowest BCUT2D eigenvalue weighted by Crippen LogP contribution is -2.41. The number of ether oxygens (including phenoxy) is 3. The highest BCUT2D eigenvalue weighted by molar-refractivity contribution is 5.90. The molecular weight excluding hydrogens is 328 g/mol. The van der Waals surface area contributed by atoms with Gasteiger partial charge in [0, 0.05) is 13.0 Å². The third-order valence-corrected chi connectivity index (χ3v) is 3.86. The van der Waals surface area contributed by atoms with Crippen molar-refractivity contribution in [2.75, 3.05) is 14.2 Å². The van der Waals surface area contributed by atoms with Gasteiger partial charge in [0.2, 0.25) is 5.91 Å². The summed E-state index contributed by atoms with van der Waals surface area (Å²) in [6.45, 7) is 1.74. The molecule has 1 heterocycles. The number of methoxy groups -OCH3 is 2. The lowest BCUT2D eigenvalue weighted by atomic mass is 10.2. The Hall–Kier alpha value is -2.77. The summed E-state index contributed by atoms with van der Waals surface area (Å²) in [4.78, 5) is 35.1. The highest BCUT2D eigenvalue weighted by Gasteiger charge is 2.30. The molecule has 2 N–H and O–H groups in total. The van der Waals surface area contributed by atoms with Crippen LogP contribution in [0.15, 0.2) is 18.2 Å². The van der Waals surface area contributed by atoms with Crippen LogP contribution in [-0.4, -0.2) is 44.1 Å². The molecule has 0 aliphatic carbocycles. The number of amides is 2. The maximum Gasteiger partial charge on any atom is 0.329 e. The summed E-state index contributed by atoms with van der Waals surface area (Å²) in [7, 11) is 3.08. The highest BCUT2D eigenvalue weighted by atomic mass is 16.5. The minimum Gasteiger partial charge on any atom is -0.493 e. The summed E-state index contributed by atoms with van der Waals surface area (Å²) in [5.74, 6) is -0.0521. The molecule has 0 unspecified atom stereocenters. The van der Waals surface area contributed by atoms with Gasteiger partial charge < -0.3 is 24.8 Å². The summed E-state index contributed by atoms with van der Waals surface area (Å²) < 4.78 is 15.5. The van der Waals surface area contributed by atoms with Gasteiger partial charge in [0.15, 0.2) is 17.6 Å². The van der Waals surface area contributed by atoms with Crippen LogP contribution in [0.5, 0.6) is 11.5 Å². The van der Waals surface area contributed by atoms with E-state index < -0.39 is 24.0 Å². The summed E-state index contributed by atoms with van der Waals surface area (Å²) >= 11 is 0. The average molecular weight is 350 g/mol. The Bertz CT molecular complexity index is 661. The van der Waals surface area contributed by atoms with Gasteiger partial charge in [-0.15, -0.1) is 0 Å². The first kappa shape index (κ1) is 18.6. The summed E-state index contributed by atoms with van der Waals surface area (Å²) in [5.41, 5.74) is 0.813. The molecule has 1 fully saturated rings. The number of nitrogens with one attached hydrogen (secondary N) is 2. The van der Waals surface area contributed by atoms with Crippen LogP contribution in [-0.2, 0) is 25.7 Å². The van der Waals surface area contributed by atoms with Crippen LogP contribution >= 0.6 is 0 Å². The normalized spacial score (nSPS) is 17.4. The van der Waals surface area contributed by atoms with E-state index in [2.05, 4.69) is 10.6 Å². The highest BCUT2D eigenvalue weighted by Crippen LogP contribution is 2.27. The van der Waals surface area contributed by atoms with E-state index >= 15 is 0 Å². The van der Waals surface area contributed by atoms with Crippen LogP contribution in [0.2, 0.25) is 0 Å². The molecule has 0 spiro atoms. The second kappa shape index (κ2) is 8.36. The van der Waals surface area contributed by atoms with Crippen molar-refractivity contribution >= 4 is 17.8 Å². The lowest BCUT2D eigenvalue weighted by Gasteiger charge is -2.16. The fourth-order valence-corrected chi connectivity index (χ4v) is 2.42. The number of hydrogen-bond acceptors (Lipinski definition) is 6. The van der Waals surface area contributed by atoms with Crippen LogP contribution in [0.4, 0.5) is 0 Å². The summed E-state index contributed by atoms with van der Waals surface area (Å²) in [6, 6.07) is 4.62. The molecule has 1 aliphatic heterocycles. The van der Waals surface area contributed by atoms with E-state index in [0.29, 0.717) is 24.3 Å². The molecule has 1 aromatic carbocycles. The Morgan fingerprint density at radius 2 is 2.00 bits per heavy atom. The number of benzene rings is 1. The van der Waals surface area contributed by atoms with Crippen molar-refractivity contribution in [3.8, 4) is 11.5 Å². The van der Waals surface area contributed by atoms with Crippen molar-refractivity contribution in [2.45, 2.75) is 38.5 Å². The van der Waals surface area contributed by atoms with Crippen molar-refractivity contribution in [1.29, 1.82) is 0 Å². The Balaban J connectivity index is 1.85. The first-order chi connectivity index (χ1) is 11.9. The monoisotopic (exact) mass is 350 g/mol. The van der Waals surface area contributed by atoms with Gasteiger partial charge in [0.05, 0.1) is 14.2 Å². The molecule has 0 bridgehead atoms. The van der Waals surface area contributed by atoms with Gasteiger partial charge in [-0.2, -0.15) is 0 Å². The summed E-state index contributed by atoms with van der Waals surface area (Å²) in [6.07, 6.45) is -0.276. The van der Waals surface area contributed by atoms with Gasteiger partial charge in [-0.25, -0.2) is 4.79 Å². The van der Waals surface area contributed by atoms with Gasteiger partial charge in [-0.1, -0.05) is 6.07 Å². The van der Waals surface area contributed by atoms with Crippen molar-refractivity contribution in [2.24, 2.45) is 0 Å². The maximum atomic E-state index is 12.1.